The number of nitrogens with one attached hydrogen (secondary N) is 3. The predicted molar refractivity (Wildman–Crippen MR) is 94.9 cm³/mol. The van der Waals surface area contributed by atoms with Gasteiger partial charge in [0.25, 0.3) is 0 Å². The van der Waals surface area contributed by atoms with E-state index >= 15 is 0 Å². The molecule has 24 heavy (non-hydrogen) atoms. The van der Waals surface area contributed by atoms with Crippen molar-refractivity contribution < 1.29 is 21.6 Å². The molecule has 8 nitrogen and oxygen atoms in total. The van der Waals surface area contributed by atoms with E-state index in [0.29, 0.717) is 18.7 Å². The van der Waals surface area contributed by atoms with Crippen molar-refractivity contribution in [3.63, 3.8) is 0 Å². The highest BCUT2D eigenvalue weighted by Crippen LogP contribution is 2.27. The molecule has 0 radical (unpaired) electrons. The van der Waals surface area contributed by atoms with Gasteiger partial charge in [-0.15, -0.1) is 12.4 Å². The molecular weight excluding hydrogens is 378 g/mol. The van der Waals surface area contributed by atoms with E-state index < -0.39 is 20.0 Å². The average Bonchev–Trinajstić information content (AvgIpc) is 2.98. The lowest BCUT2D eigenvalue weighted by atomic mass is 10.3. The van der Waals surface area contributed by atoms with Crippen LogP contribution in [-0.2, 0) is 20.0 Å². The number of anilines is 1. The van der Waals surface area contributed by atoms with Crippen LogP contribution in [0.25, 0.3) is 0 Å². The summed E-state index contributed by atoms with van der Waals surface area (Å²) in [6.07, 6.45) is 0.686. The Morgan fingerprint density at radius 1 is 1.29 bits per heavy atom. The van der Waals surface area contributed by atoms with E-state index in [4.69, 9.17) is 4.74 Å². The predicted octanol–water partition coefficient (Wildman–Crippen LogP) is 0.519. The van der Waals surface area contributed by atoms with Gasteiger partial charge >= 0.3 is 0 Å². The SMILES string of the molecule is CCS(=O)(=O)Nc1cc(OC)ccc1S(=O)(=O)NC1CCNC1.Cl. The molecule has 0 saturated carbocycles. The molecule has 11 heteroatoms. The minimum atomic E-state index is -3.85. The van der Waals surface area contributed by atoms with Crippen LogP contribution in [0.3, 0.4) is 0 Å². The second-order valence-electron chi connectivity index (χ2n) is 5.18. The molecule has 1 heterocycles. The fourth-order valence-corrected chi connectivity index (χ4v) is 4.35. The zero-order chi connectivity index (χ0) is 17.1. The highest BCUT2D eigenvalue weighted by atomic mass is 35.5. The summed E-state index contributed by atoms with van der Waals surface area (Å²) in [6.45, 7) is 2.76. The average molecular weight is 400 g/mol. The zero-order valence-electron chi connectivity index (χ0n) is 13.4. The summed E-state index contributed by atoms with van der Waals surface area (Å²) in [5, 5.41) is 3.07. The maximum absolute atomic E-state index is 12.6. The van der Waals surface area contributed by atoms with E-state index in [1.807, 2.05) is 0 Å². The molecular formula is C13H22ClN3O5S2. The summed E-state index contributed by atoms with van der Waals surface area (Å²) in [5.74, 6) is 0.198. The normalized spacial score (nSPS) is 18.0. The minimum absolute atomic E-state index is 0. The van der Waals surface area contributed by atoms with Crippen LogP contribution < -0.4 is 19.5 Å². The Bertz CT molecular complexity index is 762. The van der Waals surface area contributed by atoms with Gasteiger partial charge in [0.1, 0.15) is 10.6 Å². The molecule has 138 valence electrons. The van der Waals surface area contributed by atoms with Crippen molar-refractivity contribution in [1.82, 2.24) is 10.0 Å². The van der Waals surface area contributed by atoms with Crippen molar-refractivity contribution in [2.24, 2.45) is 0 Å². The fraction of sp³-hybridized carbons (Fsp3) is 0.538. The Kier molecular flexibility index (Phi) is 7.29. The molecule has 0 spiro atoms. The number of benzene rings is 1. The van der Waals surface area contributed by atoms with E-state index in [0.717, 1.165) is 6.54 Å². The zero-order valence-corrected chi connectivity index (χ0v) is 15.9. The number of ether oxygens (including phenoxy) is 1. The van der Waals surface area contributed by atoms with Crippen LogP contribution in [-0.4, -0.2) is 48.8 Å². The summed E-state index contributed by atoms with van der Waals surface area (Å²) < 4.78 is 58.7. The molecule has 0 aromatic heterocycles. The summed E-state index contributed by atoms with van der Waals surface area (Å²) >= 11 is 0. The van der Waals surface area contributed by atoms with Crippen molar-refractivity contribution in [1.29, 1.82) is 0 Å². The summed E-state index contributed by atoms with van der Waals surface area (Å²) in [4.78, 5) is -0.123. The monoisotopic (exact) mass is 399 g/mol. The molecule has 3 N–H and O–H groups in total. The molecule has 2 rings (SSSR count). The van der Waals surface area contributed by atoms with Crippen molar-refractivity contribution in [3.8, 4) is 5.75 Å². The first kappa shape index (κ1) is 21.0. The highest BCUT2D eigenvalue weighted by Gasteiger charge is 2.26. The van der Waals surface area contributed by atoms with E-state index in [1.165, 1.54) is 32.2 Å². The molecule has 1 saturated heterocycles. The largest absolute Gasteiger partial charge is 0.497 e. The summed E-state index contributed by atoms with van der Waals surface area (Å²) in [5.41, 5.74) is -0.0235. The number of halogens is 1. The second-order valence-corrected chi connectivity index (χ2v) is 8.87. The molecule has 0 aliphatic carbocycles. The molecule has 1 aliphatic heterocycles. The summed E-state index contributed by atoms with van der Waals surface area (Å²) in [6, 6.07) is 3.95. The van der Waals surface area contributed by atoms with E-state index in [1.54, 1.807) is 0 Å². The maximum atomic E-state index is 12.6. The molecule has 1 aliphatic rings. The van der Waals surface area contributed by atoms with Crippen molar-refractivity contribution in [2.45, 2.75) is 24.3 Å². The topological polar surface area (TPSA) is 114 Å². The second kappa shape index (κ2) is 8.34. The number of rotatable bonds is 7. The van der Waals surface area contributed by atoms with Crippen LogP contribution in [0.2, 0.25) is 0 Å². The summed E-state index contributed by atoms with van der Waals surface area (Å²) in [7, 11) is -6.05. The lowest BCUT2D eigenvalue weighted by Gasteiger charge is -2.16. The fourth-order valence-electron chi connectivity index (χ4n) is 2.23. The van der Waals surface area contributed by atoms with Crippen LogP contribution in [0, 0.1) is 0 Å². The smallest absolute Gasteiger partial charge is 0.242 e. The standard InChI is InChI=1S/C13H21N3O5S2.ClH/c1-3-22(17,18)16-12-8-11(21-2)4-5-13(12)23(19,20)15-10-6-7-14-9-10;/h4-5,8,10,14-16H,3,6-7,9H2,1-2H3;1H. The van der Waals surface area contributed by atoms with Crippen LogP contribution in [0.1, 0.15) is 13.3 Å². The Balaban J connectivity index is 0.00000288. The third kappa shape index (κ3) is 5.21. The third-order valence-electron chi connectivity index (χ3n) is 3.50. The molecule has 1 atom stereocenters. The molecule has 1 aromatic carbocycles. The van der Waals surface area contributed by atoms with Crippen LogP contribution in [0.15, 0.2) is 23.1 Å². The first-order valence-corrected chi connectivity index (χ1v) is 10.3. The number of hydrogen-bond acceptors (Lipinski definition) is 6. The van der Waals surface area contributed by atoms with Gasteiger partial charge in [-0.25, -0.2) is 21.6 Å². The lowest BCUT2D eigenvalue weighted by molar-refractivity contribution is 0.414. The van der Waals surface area contributed by atoms with Crippen molar-refractivity contribution >= 4 is 38.1 Å². The number of methoxy groups -OCH3 is 1. The van der Waals surface area contributed by atoms with Gasteiger partial charge in [0, 0.05) is 18.7 Å². The first-order chi connectivity index (χ1) is 10.8. The molecule has 1 fully saturated rings. The van der Waals surface area contributed by atoms with Gasteiger partial charge in [-0.05, 0) is 32.0 Å². The third-order valence-corrected chi connectivity index (χ3v) is 6.37. The lowest BCUT2D eigenvalue weighted by Crippen LogP contribution is -2.36. The first-order valence-electron chi connectivity index (χ1n) is 7.19. The van der Waals surface area contributed by atoms with Gasteiger partial charge in [-0.2, -0.15) is 0 Å². The Labute approximate surface area is 148 Å². The van der Waals surface area contributed by atoms with Crippen molar-refractivity contribution in [3.05, 3.63) is 18.2 Å². The molecule has 0 bridgehead atoms. The van der Waals surface area contributed by atoms with Gasteiger partial charge in [-0.1, -0.05) is 0 Å². The molecule has 1 aromatic rings. The Morgan fingerprint density at radius 2 is 2.00 bits per heavy atom. The van der Waals surface area contributed by atoms with Gasteiger partial charge < -0.3 is 10.1 Å². The minimum Gasteiger partial charge on any atom is -0.497 e. The van der Waals surface area contributed by atoms with Crippen LogP contribution in [0.4, 0.5) is 5.69 Å². The number of sulfonamides is 2. The Hall–Kier alpha value is -1.07. The van der Waals surface area contributed by atoms with Crippen molar-refractivity contribution in [2.75, 3.05) is 30.7 Å². The van der Waals surface area contributed by atoms with E-state index in [-0.39, 0.29) is 34.8 Å². The quantitative estimate of drug-likeness (QED) is 0.616. The maximum Gasteiger partial charge on any atom is 0.242 e. The van der Waals surface area contributed by atoms with E-state index in [9.17, 15) is 16.8 Å². The molecule has 0 amide bonds. The van der Waals surface area contributed by atoms with Crippen LogP contribution in [0.5, 0.6) is 5.75 Å². The van der Waals surface area contributed by atoms with E-state index in [2.05, 4.69) is 14.8 Å². The van der Waals surface area contributed by atoms with Gasteiger partial charge in [0.05, 0.1) is 18.6 Å². The number of hydrogen-bond donors (Lipinski definition) is 3. The molecule has 1 unspecified atom stereocenters. The van der Waals surface area contributed by atoms with Gasteiger partial charge in [0.15, 0.2) is 0 Å². The Morgan fingerprint density at radius 3 is 2.54 bits per heavy atom. The van der Waals surface area contributed by atoms with Gasteiger partial charge in [0.2, 0.25) is 20.0 Å². The van der Waals surface area contributed by atoms with Crippen LogP contribution >= 0.6 is 12.4 Å². The highest BCUT2D eigenvalue weighted by molar-refractivity contribution is 7.93. The van der Waals surface area contributed by atoms with Gasteiger partial charge in [-0.3, -0.25) is 4.72 Å².